The lowest BCUT2D eigenvalue weighted by molar-refractivity contribution is 0.620. The molecule has 0 N–H and O–H groups in total. The molecule has 0 atom stereocenters. The summed E-state index contributed by atoms with van der Waals surface area (Å²) in [4.78, 5) is 35.7. The molecule has 12 aromatic rings. The van der Waals surface area contributed by atoms with Gasteiger partial charge in [0.1, 0.15) is 5.52 Å². The highest BCUT2D eigenvalue weighted by atomic mass is 16.3. The summed E-state index contributed by atoms with van der Waals surface area (Å²) in [5, 5.41) is 4.15. The first-order chi connectivity index (χ1) is 31.1. The van der Waals surface area contributed by atoms with Crippen molar-refractivity contribution in [2.45, 2.75) is 0 Å². The van der Waals surface area contributed by atoms with Crippen LogP contribution in [0.1, 0.15) is 0 Å². The molecule has 7 aromatic carbocycles. The third-order valence-corrected chi connectivity index (χ3v) is 11.3. The Balaban J connectivity index is 1.10. The molecule has 63 heavy (non-hydrogen) atoms. The zero-order valence-corrected chi connectivity index (χ0v) is 33.6. The number of hydrogen-bond donors (Lipinski definition) is 0. The summed E-state index contributed by atoms with van der Waals surface area (Å²) in [5.41, 5.74) is 12.2. The monoisotopic (exact) mass is 807 g/mol. The largest absolute Gasteiger partial charge is 0.436 e. The molecule has 0 bridgehead atoms. The number of fused-ring (bicyclic) bond motifs is 5. The minimum Gasteiger partial charge on any atom is -0.436 e. The molecule has 8 nitrogen and oxygen atoms in total. The summed E-state index contributed by atoms with van der Waals surface area (Å²) in [6.07, 6.45) is 3.75. The van der Waals surface area contributed by atoms with E-state index in [0.717, 1.165) is 99.8 Å². The second-order valence-corrected chi connectivity index (χ2v) is 15.4. The minimum absolute atomic E-state index is 0.459. The minimum atomic E-state index is 0.459. The van der Waals surface area contributed by atoms with Gasteiger partial charge in [0.05, 0.1) is 33.8 Å². The summed E-state index contributed by atoms with van der Waals surface area (Å²) >= 11 is 0. The molecule has 294 valence electrons. The van der Waals surface area contributed by atoms with Crippen LogP contribution in [0.3, 0.4) is 0 Å². The highest BCUT2D eigenvalue weighted by Gasteiger charge is 2.20. The van der Waals surface area contributed by atoms with Gasteiger partial charge >= 0.3 is 0 Å². The Bertz CT molecular complexity index is 3520. The quantitative estimate of drug-likeness (QED) is 0.157. The van der Waals surface area contributed by atoms with Crippen LogP contribution >= 0.6 is 0 Å². The van der Waals surface area contributed by atoms with Crippen molar-refractivity contribution < 1.29 is 4.42 Å². The van der Waals surface area contributed by atoms with Gasteiger partial charge in [0.25, 0.3) is 0 Å². The van der Waals surface area contributed by atoms with Crippen molar-refractivity contribution in [1.29, 1.82) is 0 Å². The van der Waals surface area contributed by atoms with Crippen LogP contribution in [0.5, 0.6) is 0 Å². The van der Waals surface area contributed by atoms with Crippen LogP contribution in [0.2, 0.25) is 0 Å². The lowest BCUT2D eigenvalue weighted by Crippen LogP contribution is -1.99. The van der Waals surface area contributed by atoms with E-state index in [1.807, 2.05) is 128 Å². The first-order valence-corrected chi connectivity index (χ1v) is 20.7. The van der Waals surface area contributed by atoms with Gasteiger partial charge in [-0.3, -0.25) is 9.97 Å². The molecule has 5 heterocycles. The lowest BCUT2D eigenvalue weighted by Gasteiger charge is -2.13. The van der Waals surface area contributed by atoms with Crippen LogP contribution < -0.4 is 0 Å². The summed E-state index contributed by atoms with van der Waals surface area (Å²) in [6.45, 7) is 0. The van der Waals surface area contributed by atoms with Gasteiger partial charge in [0.15, 0.2) is 17.2 Å². The van der Waals surface area contributed by atoms with Crippen LogP contribution in [0, 0.1) is 0 Å². The lowest BCUT2D eigenvalue weighted by atomic mass is 10.0. The summed E-state index contributed by atoms with van der Waals surface area (Å²) < 4.78 is 6.59. The van der Waals surface area contributed by atoms with E-state index in [4.69, 9.17) is 39.3 Å². The Hall–Kier alpha value is -8.75. The fourth-order valence-corrected chi connectivity index (χ4v) is 8.18. The maximum absolute atomic E-state index is 6.59. The molecule has 0 saturated carbocycles. The van der Waals surface area contributed by atoms with E-state index < -0.39 is 0 Å². The molecule has 0 aliphatic carbocycles. The van der Waals surface area contributed by atoms with E-state index in [1.165, 1.54) is 0 Å². The Kier molecular flexibility index (Phi) is 8.64. The van der Waals surface area contributed by atoms with Gasteiger partial charge in [-0.15, -0.1) is 0 Å². The second-order valence-electron chi connectivity index (χ2n) is 15.4. The fraction of sp³-hybridized carbons (Fsp3) is 0. The van der Waals surface area contributed by atoms with E-state index in [-0.39, 0.29) is 0 Å². The molecular weight excluding hydrogens is 775 g/mol. The normalized spacial score (nSPS) is 11.5. The third kappa shape index (κ3) is 6.82. The van der Waals surface area contributed by atoms with E-state index in [0.29, 0.717) is 23.1 Å². The summed E-state index contributed by atoms with van der Waals surface area (Å²) in [5.74, 6) is 1.49. The molecule has 0 spiro atoms. The molecule has 0 fully saturated rings. The van der Waals surface area contributed by atoms with Crippen molar-refractivity contribution in [3.63, 3.8) is 0 Å². The first-order valence-electron chi connectivity index (χ1n) is 20.7. The zero-order valence-electron chi connectivity index (χ0n) is 33.6. The standard InChI is InChI=1S/C55H33N7O/c1-3-14-35(15-4-1)47-30-49(42-25-37-18-8-11-21-45(37)56-32-42)60-53(58-47)39-27-40(29-41(28-39)55-62-52-44-20-10-7-13-34(44)23-24-51(52)63-55)54-59-48(36-16-5-2-6-17-36)31-50(61-54)43-26-38-19-9-12-22-46(38)57-33-43/h1-33H. The average molecular weight is 808 g/mol. The van der Waals surface area contributed by atoms with Crippen molar-refractivity contribution >= 4 is 43.7 Å². The van der Waals surface area contributed by atoms with E-state index >= 15 is 0 Å². The van der Waals surface area contributed by atoms with Crippen LogP contribution in [0.4, 0.5) is 0 Å². The molecule has 0 saturated heterocycles. The van der Waals surface area contributed by atoms with Gasteiger partial charge in [-0.25, -0.2) is 24.9 Å². The van der Waals surface area contributed by atoms with Gasteiger partial charge in [0.2, 0.25) is 5.89 Å². The number of hydrogen-bond acceptors (Lipinski definition) is 8. The SMILES string of the molecule is c1ccc(-c2cc(-c3cnc4ccccc4c3)nc(-c3cc(-c4nc(-c5ccccc5)cc(-c5cnc6ccccc6c5)n4)cc(-c4nc5c(ccc6ccccc65)o4)c3)n2)cc1. The number of rotatable bonds is 7. The third-order valence-electron chi connectivity index (χ3n) is 11.3. The van der Waals surface area contributed by atoms with Crippen molar-refractivity contribution in [3.8, 4) is 79.3 Å². The van der Waals surface area contributed by atoms with Crippen molar-refractivity contribution in [2.75, 3.05) is 0 Å². The molecule has 0 amide bonds. The zero-order chi connectivity index (χ0) is 41.7. The molecule has 0 aliphatic heterocycles. The molecule has 5 aromatic heterocycles. The molecule has 12 rings (SSSR count). The van der Waals surface area contributed by atoms with Gasteiger partial charge < -0.3 is 4.42 Å². The maximum Gasteiger partial charge on any atom is 0.227 e. The molecular formula is C55H33N7O. The van der Waals surface area contributed by atoms with E-state index in [1.54, 1.807) is 0 Å². The van der Waals surface area contributed by atoms with Crippen molar-refractivity contribution in [1.82, 2.24) is 34.9 Å². The Labute approximate surface area is 361 Å². The Morgan fingerprint density at radius 2 is 0.778 bits per heavy atom. The molecule has 0 unspecified atom stereocenters. The van der Waals surface area contributed by atoms with Crippen molar-refractivity contribution in [2.24, 2.45) is 0 Å². The summed E-state index contributed by atoms with van der Waals surface area (Å²) in [7, 11) is 0. The Morgan fingerprint density at radius 1 is 0.317 bits per heavy atom. The van der Waals surface area contributed by atoms with Crippen LogP contribution in [-0.2, 0) is 0 Å². The maximum atomic E-state index is 6.59. The molecule has 0 aliphatic rings. The molecule has 0 radical (unpaired) electrons. The van der Waals surface area contributed by atoms with Gasteiger partial charge in [-0.2, -0.15) is 0 Å². The van der Waals surface area contributed by atoms with Crippen LogP contribution in [0.25, 0.3) is 123 Å². The van der Waals surface area contributed by atoms with Gasteiger partial charge in [-0.1, -0.05) is 127 Å². The number of oxazole rings is 1. The van der Waals surface area contributed by atoms with Crippen molar-refractivity contribution in [3.05, 3.63) is 200 Å². The Morgan fingerprint density at radius 3 is 1.33 bits per heavy atom. The smallest absolute Gasteiger partial charge is 0.227 e. The average Bonchev–Trinajstić information content (AvgIpc) is 3.82. The highest BCUT2D eigenvalue weighted by Crippen LogP contribution is 2.37. The number of aromatic nitrogens is 7. The molecule has 8 heteroatoms. The summed E-state index contributed by atoms with van der Waals surface area (Å²) in [6, 6.07) is 63.2. The second kappa shape index (κ2) is 15.1. The predicted octanol–water partition coefficient (Wildman–Crippen LogP) is 13.3. The van der Waals surface area contributed by atoms with Crippen LogP contribution in [0.15, 0.2) is 205 Å². The van der Waals surface area contributed by atoms with E-state index in [2.05, 4.69) is 72.8 Å². The van der Waals surface area contributed by atoms with Gasteiger partial charge in [0, 0.05) is 67.5 Å². The van der Waals surface area contributed by atoms with Crippen LogP contribution in [-0.4, -0.2) is 34.9 Å². The van der Waals surface area contributed by atoms with Gasteiger partial charge in [-0.05, 0) is 66.0 Å². The number of nitrogens with zero attached hydrogens (tertiary/aromatic N) is 7. The highest BCUT2D eigenvalue weighted by molar-refractivity contribution is 6.04. The van der Waals surface area contributed by atoms with E-state index in [9.17, 15) is 0 Å². The first kappa shape index (κ1) is 36.1. The fourth-order valence-electron chi connectivity index (χ4n) is 8.18. The topological polar surface area (TPSA) is 103 Å². The predicted molar refractivity (Wildman–Crippen MR) is 251 cm³/mol. The number of pyridine rings is 2. The number of benzene rings is 7. The number of para-hydroxylation sites is 2.